The molecular weight excluding hydrogens is 328 g/mol. The standard InChI is InChI=1S/C21H24N2O3/c1-4-23-10-9-16-6-7-17(13-20(16)23)22-21(24)8-5-15-11-18(25-2)14-19(12-15)26-3/h5-8,11-14H,4,9-10H2,1-3H3,(H,22,24)/b8-5+. The van der Waals surface area contributed by atoms with E-state index in [0.717, 1.165) is 30.8 Å². The Morgan fingerprint density at radius 1 is 1.15 bits per heavy atom. The van der Waals surface area contributed by atoms with Crippen molar-refractivity contribution in [3.63, 3.8) is 0 Å². The summed E-state index contributed by atoms with van der Waals surface area (Å²) in [6.07, 6.45) is 4.32. The number of anilines is 2. The molecule has 0 aromatic heterocycles. The minimum absolute atomic E-state index is 0.173. The molecule has 0 fully saturated rings. The first kappa shape index (κ1) is 17.9. The molecule has 0 radical (unpaired) electrons. The van der Waals surface area contributed by atoms with Gasteiger partial charge in [-0.05, 0) is 54.8 Å². The molecule has 0 unspecified atom stereocenters. The lowest BCUT2D eigenvalue weighted by atomic mass is 10.1. The second-order valence-electron chi connectivity index (χ2n) is 6.14. The van der Waals surface area contributed by atoms with Crippen LogP contribution in [0.4, 0.5) is 11.4 Å². The highest BCUT2D eigenvalue weighted by molar-refractivity contribution is 6.02. The molecule has 1 N–H and O–H groups in total. The summed E-state index contributed by atoms with van der Waals surface area (Å²) < 4.78 is 10.5. The van der Waals surface area contributed by atoms with Crippen LogP contribution in [0, 0.1) is 0 Å². The van der Waals surface area contributed by atoms with Gasteiger partial charge in [0.05, 0.1) is 14.2 Å². The van der Waals surface area contributed by atoms with Gasteiger partial charge in [0.15, 0.2) is 0 Å². The van der Waals surface area contributed by atoms with Crippen molar-refractivity contribution in [3.8, 4) is 11.5 Å². The van der Waals surface area contributed by atoms with Crippen LogP contribution in [-0.4, -0.2) is 33.2 Å². The van der Waals surface area contributed by atoms with Gasteiger partial charge in [-0.1, -0.05) is 6.07 Å². The number of hydrogen-bond donors (Lipinski definition) is 1. The van der Waals surface area contributed by atoms with Gasteiger partial charge >= 0.3 is 0 Å². The van der Waals surface area contributed by atoms with Gasteiger partial charge in [-0.15, -0.1) is 0 Å². The number of carbonyl (C=O) groups excluding carboxylic acids is 1. The summed E-state index contributed by atoms with van der Waals surface area (Å²) in [4.78, 5) is 14.6. The fourth-order valence-corrected chi connectivity index (χ4v) is 3.13. The van der Waals surface area contributed by atoms with Gasteiger partial charge in [0.2, 0.25) is 5.91 Å². The topological polar surface area (TPSA) is 50.8 Å². The lowest BCUT2D eigenvalue weighted by molar-refractivity contribution is -0.111. The number of rotatable bonds is 6. The van der Waals surface area contributed by atoms with Crippen LogP contribution in [0.5, 0.6) is 11.5 Å². The molecule has 5 heteroatoms. The minimum Gasteiger partial charge on any atom is -0.497 e. The highest BCUT2D eigenvalue weighted by Gasteiger charge is 2.17. The van der Waals surface area contributed by atoms with E-state index < -0.39 is 0 Å². The van der Waals surface area contributed by atoms with Crippen LogP contribution >= 0.6 is 0 Å². The summed E-state index contributed by atoms with van der Waals surface area (Å²) in [5, 5.41) is 2.93. The Bertz CT molecular complexity index is 808. The van der Waals surface area contributed by atoms with Gasteiger partial charge in [-0.2, -0.15) is 0 Å². The van der Waals surface area contributed by atoms with E-state index in [1.807, 2.05) is 24.3 Å². The number of hydrogen-bond acceptors (Lipinski definition) is 4. The average Bonchev–Trinajstić information content (AvgIpc) is 3.08. The van der Waals surface area contributed by atoms with E-state index in [2.05, 4.69) is 23.2 Å². The van der Waals surface area contributed by atoms with Crippen molar-refractivity contribution in [3.05, 3.63) is 53.6 Å². The van der Waals surface area contributed by atoms with E-state index >= 15 is 0 Å². The van der Waals surface area contributed by atoms with Crippen molar-refractivity contribution in [1.29, 1.82) is 0 Å². The molecule has 3 rings (SSSR count). The highest BCUT2D eigenvalue weighted by Crippen LogP contribution is 2.30. The zero-order chi connectivity index (χ0) is 18.5. The quantitative estimate of drug-likeness (QED) is 0.805. The maximum absolute atomic E-state index is 12.3. The predicted molar refractivity (Wildman–Crippen MR) is 105 cm³/mol. The first-order valence-electron chi connectivity index (χ1n) is 8.73. The first-order chi connectivity index (χ1) is 12.6. The average molecular weight is 352 g/mol. The molecule has 2 aromatic carbocycles. The molecule has 0 saturated heterocycles. The summed E-state index contributed by atoms with van der Waals surface area (Å²) in [6.45, 7) is 4.16. The third-order valence-corrected chi connectivity index (χ3v) is 4.53. The molecular formula is C21H24N2O3. The zero-order valence-corrected chi connectivity index (χ0v) is 15.4. The molecule has 1 amide bonds. The second kappa shape index (κ2) is 7.95. The van der Waals surface area contributed by atoms with Gasteiger partial charge in [0.1, 0.15) is 11.5 Å². The van der Waals surface area contributed by atoms with Gasteiger partial charge in [-0.3, -0.25) is 4.79 Å². The lowest BCUT2D eigenvalue weighted by Crippen LogP contribution is -2.19. The van der Waals surface area contributed by atoms with Crippen LogP contribution in [0.1, 0.15) is 18.1 Å². The maximum atomic E-state index is 12.3. The van der Waals surface area contributed by atoms with Crippen LogP contribution in [0.25, 0.3) is 6.08 Å². The molecule has 1 aliphatic heterocycles. The number of amides is 1. The van der Waals surface area contributed by atoms with Gasteiger partial charge < -0.3 is 19.7 Å². The number of methoxy groups -OCH3 is 2. The Balaban J connectivity index is 1.70. The molecule has 2 aromatic rings. The number of carbonyl (C=O) groups is 1. The van der Waals surface area contributed by atoms with Crippen LogP contribution in [0.2, 0.25) is 0 Å². The molecule has 1 heterocycles. The van der Waals surface area contributed by atoms with Crippen LogP contribution < -0.4 is 19.7 Å². The predicted octanol–water partition coefficient (Wildman–Crippen LogP) is 3.74. The molecule has 0 aliphatic carbocycles. The van der Waals surface area contributed by atoms with Gasteiger partial charge in [-0.25, -0.2) is 0 Å². The van der Waals surface area contributed by atoms with Crippen molar-refractivity contribution in [2.24, 2.45) is 0 Å². The van der Waals surface area contributed by atoms with E-state index in [1.54, 1.807) is 26.4 Å². The smallest absolute Gasteiger partial charge is 0.248 e. The fourth-order valence-electron chi connectivity index (χ4n) is 3.13. The molecule has 5 nitrogen and oxygen atoms in total. The van der Waals surface area contributed by atoms with Crippen molar-refractivity contribution in [1.82, 2.24) is 0 Å². The highest BCUT2D eigenvalue weighted by atomic mass is 16.5. The van der Waals surface area contributed by atoms with E-state index in [9.17, 15) is 4.79 Å². The third-order valence-electron chi connectivity index (χ3n) is 4.53. The molecule has 1 aliphatic rings. The molecule has 0 bridgehead atoms. The van der Waals surface area contributed by atoms with E-state index in [-0.39, 0.29) is 5.91 Å². The second-order valence-corrected chi connectivity index (χ2v) is 6.14. The van der Waals surface area contributed by atoms with Crippen molar-refractivity contribution >= 4 is 23.4 Å². The largest absolute Gasteiger partial charge is 0.497 e. The maximum Gasteiger partial charge on any atom is 0.248 e. The van der Waals surface area contributed by atoms with Gasteiger partial charge in [0.25, 0.3) is 0 Å². The Morgan fingerprint density at radius 2 is 1.88 bits per heavy atom. The number of ether oxygens (including phenoxy) is 2. The Hall–Kier alpha value is -2.95. The monoisotopic (exact) mass is 352 g/mol. The summed E-state index contributed by atoms with van der Waals surface area (Å²) >= 11 is 0. The first-order valence-corrected chi connectivity index (χ1v) is 8.73. The van der Waals surface area contributed by atoms with Crippen molar-refractivity contribution in [2.45, 2.75) is 13.3 Å². The van der Waals surface area contributed by atoms with Crippen molar-refractivity contribution < 1.29 is 14.3 Å². The summed E-state index contributed by atoms with van der Waals surface area (Å²) in [7, 11) is 3.20. The van der Waals surface area contributed by atoms with Crippen LogP contribution in [0.15, 0.2) is 42.5 Å². The molecule has 0 atom stereocenters. The fraction of sp³-hybridized carbons (Fsp3) is 0.286. The minimum atomic E-state index is -0.173. The Morgan fingerprint density at radius 3 is 2.54 bits per heavy atom. The SMILES string of the molecule is CCN1CCc2ccc(NC(=O)/C=C/c3cc(OC)cc(OC)c3)cc21. The summed E-state index contributed by atoms with van der Waals surface area (Å²) in [5.41, 5.74) is 4.19. The van der Waals surface area contributed by atoms with Gasteiger partial charge in [0, 0.05) is 36.6 Å². The Kier molecular flexibility index (Phi) is 5.46. The number of nitrogens with one attached hydrogen (secondary N) is 1. The number of fused-ring (bicyclic) bond motifs is 1. The van der Waals surface area contributed by atoms with Crippen molar-refractivity contribution in [2.75, 3.05) is 37.5 Å². The summed E-state index contributed by atoms with van der Waals surface area (Å²) in [6, 6.07) is 11.6. The Labute approximate surface area is 154 Å². The van der Waals surface area contributed by atoms with E-state index in [4.69, 9.17) is 9.47 Å². The van der Waals surface area contributed by atoms with Crippen LogP contribution in [-0.2, 0) is 11.2 Å². The molecule has 0 saturated carbocycles. The normalized spacial score (nSPS) is 13.0. The molecule has 136 valence electrons. The zero-order valence-electron chi connectivity index (χ0n) is 15.4. The number of likely N-dealkylation sites (N-methyl/N-ethyl adjacent to an activating group) is 1. The number of nitrogens with zero attached hydrogens (tertiary/aromatic N) is 1. The lowest BCUT2D eigenvalue weighted by Gasteiger charge is -2.17. The molecule has 26 heavy (non-hydrogen) atoms. The summed E-state index contributed by atoms with van der Waals surface area (Å²) in [5.74, 6) is 1.19. The van der Waals surface area contributed by atoms with E-state index in [1.165, 1.54) is 17.3 Å². The number of benzene rings is 2. The molecule has 0 spiro atoms. The third kappa shape index (κ3) is 3.99. The van der Waals surface area contributed by atoms with Crippen LogP contribution in [0.3, 0.4) is 0 Å². The van der Waals surface area contributed by atoms with E-state index in [0.29, 0.717) is 11.5 Å².